The molecule has 0 rings (SSSR count). The normalized spacial score (nSPS) is 12.5. The van der Waals surface area contributed by atoms with Crippen molar-refractivity contribution in [3.05, 3.63) is 0 Å². The molecule has 0 radical (unpaired) electrons. The first-order valence-electron chi connectivity index (χ1n) is 18.1. The summed E-state index contributed by atoms with van der Waals surface area (Å²) >= 11 is 0. The highest BCUT2D eigenvalue weighted by Gasteiger charge is 2.17. The van der Waals surface area contributed by atoms with Crippen molar-refractivity contribution >= 4 is 6.09 Å². The van der Waals surface area contributed by atoms with Crippen LogP contribution < -0.4 is 5.32 Å². The largest absolute Gasteiger partial charge is 0.446 e. The van der Waals surface area contributed by atoms with Gasteiger partial charge in [0, 0.05) is 13.2 Å². The van der Waals surface area contributed by atoms with Gasteiger partial charge in [0.15, 0.2) is 0 Å². The SMILES string of the molecule is CCCCCCCCCCCCCCC(CCCCCCCCCCCCC)OC(=O)NCCCOC(C)(C)CO. The van der Waals surface area contributed by atoms with Crippen LogP contribution in [0.15, 0.2) is 0 Å². The number of alkyl carbamates (subject to hydrolysis) is 1. The molecule has 1 unspecified atom stereocenters. The third-order valence-electron chi connectivity index (χ3n) is 8.25. The minimum absolute atomic E-state index is 0.0116. The molecular weight excluding hydrogens is 510 g/mol. The number of unbranched alkanes of at least 4 members (excludes halogenated alkanes) is 21. The van der Waals surface area contributed by atoms with E-state index in [4.69, 9.17) is 9.47 Å². The zero-order valence-corrected chi connectivity index (χ0v) is 28.3. The molecule has 0 aliphatic carbocycles. The van der Waals surface area contributed by atoms with Crippen LogP contribution in [0.2, 0.25) is 0 Å². The lowest BCUT2D eigenvalue weighted by molar-refractivity contribution is -0.0539. The lowest BCUT2D eigenvalue weighted by Crippen LogP contribution is -2.32. The number of aliphatic hydroxyl groups excluding tert-OH is 1. The molecule has 246 valence electrons. The third kappa shape index (κ3) is 30.5. The molecule has 0 saturated heterocycles. The highest BCUT2D eigenvalue weighted by Crippen LogP contribution is 2.18. The van der Waals surface area contributed by atoms with Gasteiger partial charge in [0.05, 0.1) is 12.2 Å². The van der Waals surface area contributed by atoms with Gasteiger partial charge in [0.25, 0.3) is 0 Å². The summed E-state index contributed by atoms with van der Waals surface area (Å²) in [6.45, 7) is 9.32. The van der Waals surface area contributed by atoms with Gasteiger partial charge in [-0.05, 0) is 46.0 Å². The number of ether oxygens (including phenoxy) is 2. The molecule has 0 aromatic heterocycles. The maximum atomic E-state index is 12.5. The summed E-state index contributed by atoms with van der Waals surface area (Å²) in [7, 11) is 0. The molecule has 0 saturated carbocycles. The van der Waals surface area contributed by atoms with Crippen molar-refractivity contribution in [2.45, 2.75) is 206 Å². The Morgan fingerprint density at radius 3 is 1.34 bits per heavy atom. The molecule has 0 aliphatic rings. The van der Waals surface area contributed by atoms with E-state index >= 15 is 0 Å². The summed E-state index contributed by atoms with van der Waals surface area (Å²) in [5.74, 6) is 0. The standard InChI is InChI=1S/C36H73NO4/c1-5-7-9-11-13-15-17-19-21-23-25-27-30-34(29-26-24-22-20-18-16-14-12-10-8-6-2)41-35(39)37-31-28-32-40-36(3,4)33-38/h34,38H,5-33H2,1-4H3,(H,37,39). The van der Waals surface area contributed by atoms with Crippen LogP contribution in [0.4, 0.5) is 4.79 Å². The molecule has 2 N–H and O–H groups in total. The van der Waals surface area contributed by atoms with Crippen LogP contribution in [0.5, 0.6) is 0 Å². The molecule has 0 spiro atoms. The number of rotatable bonds is 32. The van der Waals surface area contributed by atoms with Gasteiger partial charge in [0.2, 0.25) is 0 Å². The van der Waals surface area contributed by atoms with Gasteiger partial charge in [-0.1, -0.05) is 149 Å². The first-order chi connectivity index (χ1) is 19.9. The average molecular weight is 584 g/mol. The fraction of sp³-hybridized carbons (Fsp3) is 0.972. The Kier molecular flexibility index (Phi) is 30.0. The topological polar surface area (TPSA) is 67.8 Å². The van der Waals surface area contributed by atoms with Gasteiger partial charge in [-0.3, -0.25) is 0 Å². The highest BCUT2D eigenvalue weighted by molar-refractivity contribution is 5.67. The molecule has 0 aromatic carbocycles. The molecule has 1 atom stereocenters. The van der Waals surface area contributed by atoms with Crippen LogP contribution in [-0.4, -0.2) is 42.7 Å². The average Bonchev–Trinajstić information content (AvgIpc) is 2.96. The van der Waals surface area contributed by atoms with Gasteiger partial charge in [-0.15, -0.1) is 0 Å². The van der Waals surface area contributed by atoms with Crippen molar-refractivity contribution < 1.29 is 19.4 Å². The van der Waals surface area contributed by atoms with Gasteiger partial charge in [-0.2, -0.15) is 0 Å². The maximum Gasteiger partial charge on any atom is 0.407 e. The maximum absolute atomic E-state index is 12.5. The lowest BCUT2D eigenvalue weighted by atomic mass is 10.0. The van der Waals surface area contributed by atoms with E-state index in [1.54, 1.807) is 0 Å². The fourth-order valence-corrected chi connectivity index (χ4v) is 5.36. The Morgan fingerprint density at radius 2 is 0.976 bits per heavy atom. The van der Waals surface area contributed by atoms with E-state index in [-0.39, 0.29) is 18.8 Å². The summed E-state index contributed by atoms with van der Waals surface area (Å²) in [6.07, 6.45) is 33.3. The van der Waals surface area contributed by atoms with Crippen molar-refractivity contribution in [2.24, 2.45) is 0 Å². The van der Waals surface area contributed by atoms with Crippen molar-refractivity contribution in [1.82, 2.24) is 5.32 Å². The summed E-state index contributed by atoms with van der Waals surface area (Å²) in [4.78, 5) is 12.5. The smallest absolute Gasteiger partial charge is 0.407 e. The van der Waals surface area contributed by atoms with E-state index in [1.807, 2.05) is 13.8 Å². The Morgan fingerprint density at radius 1 is 0.610 bits per heavy atom. The number of nitrogens with one attached hydrogen (secondary N) is 1. The molecule has 5 nitrogen and oxygen atoms in total. The summed E-state index contributed by atoms with van der Waals surface area (Å²) < 4.78 is 11.5. The zero-order valence-electron chi connectivity index (χ0n) is 28.3. The van der Waals surface area contributed by atoms with Gasteiger partial charge >= 0.3 is 6.09 Å². The van der Waals surface area contributed by atoms with Crippen molar-refractivity contribution in [2.75, 3.05) is 19.8 Å². The summed E-state index contributed by atoms with van der Waals surface area (Å²) in [5, 5.41) is 12.2. The first-order valence-corrected chi connectivity index (χ1v) is 18.1. The molecule has 41 heavy (non-hydrogen) atoms. The Bertz CT molecular complexity index is 540. The Hall–Kier alpha value is -0.810. The molecule has 0 heterocycles. The van der Waals surface area contributed by atoms with E-state index in [2.05, 4.69) is 19.2 Å². The van der Waals surface area contributed by atoms with Crippen LogP contribution in [0, 0.1) is 0 Å². The molecule has 0 fully saturated rings. The second kappa shape index (κ2) is 30.6. The fourth-order valence-electron chi connectivity index (χ4n) is 5.36. The van der Waals surface area contributed by atoms with Gasteiger partial charge < -0.3 is 19.9 Å². The van der Waals surface area contributed by atoms with Crippen LogP contribution in [0.25, 0.3) is 0 Å². The summed E-state index contributed by atoms with van der Waals surface area (Å²) in [5.41, 5.74) is -0.533. The monoisotopic (exact) mass is 584 g/mol. The third-order valence-corrected chi connectivity index (χ3v) is 8.25. The first kappa shape index (κ1) is 40.2. The second-order valence-electron chi connectivity index (χ2n) is 13.1. The van der Waals surface area contributed by atoms with Gasteiger partial charge in [-0.25, -0.2) is 4.79 Å². The van der Waals surface area contributed by atoms with Gasteiger partial charge in [0.1, 0.15) is 6.10 Å². The quantitative estimate of drug-likeness (QED) is 0.0773. The number of carbonyl (C=O) groups excluding carboxylic acids is 1. The van der Waals surface area contributed by atoms with E-state index < -0.39 is 5.60 Å². The number of hydrogen-bond acceptors (Lipinski definition) is 4. The molecule has 0 aliphatic heterocycles. The zero-order chi connectivity index (χ0) is 30.3. The Balaban J connectivity index is 4.12. The predicted molar refractivity (Wildman–Crippen MR) is 177 cm³/mol. The molecule has 0 aromatic rings. The molecule has 5 heteroatoms. The van der Waals surface area contributed by atoms with Crippen molar-refractivity contribution in [3.63, 3.8) is 0 Å². The second-order valence-corrected chi connectivity index (χ2v) is 13.1. The molecular formula is C36H73NO4. The van der Waals surface area contributed by atoms with Crippen LogP contribution >= 0.6 is 0 Å². The highest BCUT2D eigenvalue weighted by atomic mass is 16.6. The minimum Gasteiger partial charge on any atom is -0.446 e. The van der Waals surface area contributed by atoms with E-state index in [1.165, 1.54) is 135 Å². The number of hydrogen-bond donors (Lipinski definition) is 2. The van der Waals surface area contributed by atoms with Crippen LogP contribution in [-0.2, 0) is 9.47 Å². The number of amides is 1. The van der Waals surface area contributed by atoms with Crippen molar-refractivity contribution in [1.29, 1.82) is 0 Å². The number of aliphatic hydroxyl groups is 1. The number of carbonyl (C=O) groups is 1. The van der Waals surface area contributed by atoms with E-state index in [9.17, 15) is 9.90 Å². The lowest BCUT2D eigenvalue weighted by Gasteiger charge is -2.22. The van der Waals surface area contributed by atoms with E-state index in [0.29, 0.717) is 19.6 Å². The van der Waals surface area contributed by atoms with E-state index in [0.717, 1.165) is 25.7 Å². The van der Waals surface area contributed by atoms with Crippen LogP contribution in [0.1, 0.15) is 195 Å². The Labute approximate surface area is 256 Å². The summed E-state index contributed by atoms with van der Waals surface area (Å²) in [6, 6.07) is 0. The molecule has 1 amide bonds. The predicted octanol–water partition coefficient (Wildman–Crippen LogP) is 11.1. The molecule has 0 bridgehead atoms. The van der Waals surface area contributed by atoms with Crippen LogP contribution in [0.3, 0.4) is 0 Å². The minimum atomic E-state index is -0.533. The van der Waals surface area contributed by atoms with Crippen molar-refractivity contribution in [3.8, 4) is 0 Å².